The maximum absolute atomic E-state index is 5.78. The Labute approximate surface area is 166 Å². The third-order valence-corrected chi connectivity index (χ3v) is 5.83. The van der Waals surface area contributed by atoms with E-state index in [0.717, 1.165) is 70.2 Å². The zero-order chi connectivity index (χ0) is 19.3. The summed E-state index contributed by atoms with van der Waals surface area (Å²) in [6.45, 7) is 7.69. The quantitative estimate of drug-likeness (QED) is 0.722. The Morgan fingerprint density at radius 2 is 2.04 bits per heavy atom. The van der Waals surface area contributed by atoms with Crippen LogP contribution in [0, 0.1) is 0 Å². The molecule has 0 amide bonds. The highest BCUT2D eigenvalue weighted by Gasteiger charge is 2.29. The highest BCUT2D eigenvalue weighted by atomic mass is 16.5. The van der Waals surface area contributed by atoms with Gasteiger partial charge in [-0.1, -0.05) is 19.1 Å². The van der Waals surface area contributed by atoms with Crippen LogP contribution in [0.5, 0.6) is 5.75 Å². The van der Waals surface area contributed by atoms with E-state index in [1.54, 1.807) is 7.11 Å². The molecule has 2 unspecified atom stereocenters. The second-order valence-corrected chi connectivity index (χ2v) is 7.47. The summed E-state index contributed by atoms with van der Waals surface area (Å²) in [6, 6.07) is 8.47. The lowest BCUT2D eigenvalue weighted by molar-refractivity contribution is 0.0894. The third kappa shape index (κ3) is 3.98. The van der Waals surface area contributed by atoms with E-state index in [2.05, 4.69) is 44.4 Å². The molecule has 2 aliphatic rings. The lowest BCUT2D eigenvalue weighted by Gasteiger charge is -2.39. The number of nitrogens with zero attached hydrogens (tertiary/aromatic N) is 6. The van der Waals surface area contributed by atoms with E-state index in [0.29, 0.717) is 0 Å². The van der Waals surface area contributed by atoms with Gasteiger partial charge in [-0.15, -0.1) is 5.10 Å². The second-order valence-electron chi connectivity index (χ2n) is 7.47. The highest BCUT2D eigenvalue weighted by molar-refractivity contribution is 5.58. The van der Waals surface area contributed by atoms with E-state index >= 15 is 0 Å². The van der Waals surface area contributed by atoms with E-state index in [9.17, 15) is 0 Å². The third-order valence-electron chi connectivity index (χ3n) is 5.83. The summed E-state index contributed by atoms with van der Waals surface area (Å²) in [4.78, 5) is 4.90. The second kappa shape index (κ2) is 8.87. The summed E-state index contributed by atoms with van der Waals surface area (Å²) in [7, 11) is 1.73. The number of hydrogen-bond donors (Lipinski definition) is 0. The molecule has 0 N–H and O–H groups in total. The van der Waals surface area contributed by atoms with Gasteiger partial charge in [0.2, 0.25) is 0 Å². The number of tetrazole rings is 1. The number of para-hydroxylation sites is 2. The molecule has 8 nitrogen and oxygen atoms in total. The van der Waals surface area contributed by atoms with Crippen molar-refractivity contribution in [1.82, 2.24) is 25.1 Å². The minimum atomic E-state index is 0.233. The van der Waals surface area contributed by atoms with Gasteiger partial charge in [0, 0.05) is 32.8 Å². The molecule has 3 heterocycles. The molecule has 28 heavy (non-hydrogen) atoms. The van der Waals surface area contributed by atoms with Gasteiger partial charge in [-0.3, -0.25) is 4.90 Å². The summed E-state index contributed by atoms with van der Waals surface area (Å²) in [5.41, 5.74) is 1.17. The van der Waals surface area contributed by atoms with E-state index in [1.807, 2.05) is 16.8 Å². The molecule has 0 spiro atoms. The van der Waals surface area contributed by atoms with Crippen molar-refractivity contribution in [1.29, 1.82) is 0 Å². The molecule has 2 fully saturated rings. The van der Waals surface area contributed by atoms with Crippen molar-refractivity contribution in [3.05, 3.63) is 30.1 Å². The van der Waals surface area contributed by atoms with Gasteiger partial charge in [0.15, 0.2) is 5.82 Å². The van der Waals surface area contributed by atoms with E-state index in [1.165, 1.54) is 5.69 Å². The first kappa shape index (κ1) is 19.1. The molecule has 0 bridgehead atoms. The molecule has 152 valence electrons. The summed E-state index contributed by atoms with van der Waals surface area (Å²) in [5.74, 6) is 1.90. The summed E-state index contributed by atoms with van der Waals surface area (Å²) in [6.07, 6.45) is 3.44. The van der Waals surface area contributed by atoms with Gasteiger partial charge >= 0.3 is 0 Å². The highest BCUT2D eigenvalue weighted by Crippen LogP contribution is 2.30. The van der Waals surface area contributed by atoms with Crippen molar-refractivity contribution >= 4 is 5.69 Å². The molecule has 2 aromatic rings. The number of rotatable bonds is 7. The molecule has 4 rings (SSSR count). The number of hydrogen-bond acceptors (Lipinski definition) is 7. The summed E-state index contributed by atoms with van der Waals surface area (Å²) >= 11 is 0. The molecule has 0 aliphatic carbocycles. The van der Waals surface area contributed by atoms with Crippen LogP contribution in [0.25, 0.3) is 0 Å². The minimum Gasteiger partial charge on any atom is -0.495 e. The average Bonchev–Trinajstić information content (AvgIpc) is 3.42. The van der Waals surface area contributed by atoms with Gasteiger partial charge in [-0.2, -0.15) is 0 Å². The van der Waals surface area contributed by atoms with Crippen molar-refractivity contribution in [2.45, 2.75) is 44.9 Å². The average molecular weight is 387 g/mol. The predicted molar refractivity (Wildman–Crippen MR) is 107 cm³/mol. The van der Waals surface area contributed by atoms with Gasteiger partial charge in [0.25, 0.3) is 0 Å². The molecule has 1 aromatic heterocycles. The fourth-order valence-corrected chi connectivity index (χ4v) is 4.33. The van der Waals surface area contributed by atoms with Crippen molar-refractivity contribution in [3.8, 4) is 5.75 Å². The number of aromatic nitrogens is 4. The maximum atomic E-state index is 5.78. The van der Waals surface area contributed by atoms with Crippen LogP contribution in [0.3, 0.4) is 0 Å². The molecular weight excluding hydrogens is 356 g/mol. The van der Waals surface area contributed by atoms with Crippen molar-refractivity contribution in [2.24, 2.45) is 0 Å². The number of methoxy groups -OCH3 is 1. The number of ether oxygens (including phenoxy) is 2. The molecule has 0 radical (unpaired) electrons. The maximum Gasteiger partial charge on any atom is 0.168 e. The Hall–Kier alpha value is -2.19. The first-order chi connectivity index (χ1) is 13.8. The van der Waals surface area contributed by atoms with E-state index in [4.69, 9.17) is 9.47 Å². The Morgan fingerprint density at radius 1 is 1.21 bits per heavy atom. The number of anilines is 1. The Bertz CT molecular complexity index is 753. The number of piperazine rings is 1. The van der Waals surface area contributed by atoms with Crippen LogP contribution >= 0.6 is 0 Å². The van der Waals surface area contributed by atoms with Crippen molar-refractivity contribution in [2.75, 3.05) is 44.8 Å². The molecule has 1 aromatic carbocycles. The van der Waals surface area contributed by atoms with Gasteiger partial charge in [0.05, 0.1) is 31.5 Å². The molecule has 8 heteroatoms. The molecule has 2 atom stereocenters. The van der Waals surface area contributed by atoms with Crippen molar-refractivity contribution in [3.63, 3.8) is 0 Å². The predicted octanol–water partition coefficient (Wildman–Crippen LogP) is 2.13. The minimum absolute atomic E-state index is 0.233. The standard InChI is InChI=1S/C20H30N6O2/c1-3-17(20-21-22-23-26(20)15-16-7-6-14-28-16)24-10-12-25(13-11-24)18-8-4-5-9-19(18)27-2/h4-5,8-9,16-17H,3,6-7,10-15H2,1-2H3. The van der Waals surface area contributed by atoms with Crippen LogP contribution < -0.4 is 9.64 Å². The molecule has 2 aliphatic heterocycles. The summed E-state index contributed by atoms with van der Waals surface area (Å²) < 4.78 is 13.3. The number of benzene rings is 1. The molecule has 0 saturated carbocycles. The zero-order valence-corrected chi connectivity index (χ0v) is 16.8. The lowest BCUT2D eigenvalue weighted by atomic mass is 10.1. The molecule has 2 saturated heterocycles. The van der Waals surface area contributed by atoms with E-state index < -0.39 is 0 Å². The summed E-state index contributed by atoms with van der Waals surface area (Å²) in [5, 5.41) is 12.6. The van der Waals surface area contributed by atoms with Crippen LogP contribution in [0.15, 0.2) is 24.3 Å². The fourth-order valence-electron chi connectivity index (χ4n) is 4.33. The topological polar surface area (TPSA) is 68.5 Å². The van der Waals surface area contributed by atoms with Gasteiger partial charge < -0.3 is 14.4 Å². The van der Waals surface area contributed by atoms with Crippen LogP contribution in [0.1, 0.15) is 38.1 Å². The Balaban J connectivity index is 1.42. The van der Waals surface area contributed by atoms with Crippen LogP contribution in [0.4, 0.5) is 5.69 Å². The normalized spacial score (nSPS) is 21.8. The fraction of sp³-hybridized carbons (Fsp3) is 0.650. The Kier molecular flexibility index (Phi) is 6.07. The monoisotopic (exact) mass is 386 g/mol. The van der Waals surface area contributed by atoms with Crippen molar-refractivity contribution < 1.29 is 9.47 Å². The molecular formula is C20H30N6O2. The van der Waals surface area contributed by atoms with E-state index in [-0.39, 0.29) is 12.1 Å². The lowest BCUT2D eigenvalue weighted by Crippen LogP contribution is -2.48. The van der Waals surface area contributed by atoms with Crippen LogP contribution in [-0.4, -0.2) is 71.1 Å². The SMILES string of the molecule is CCC(c1nnnn1CC1CCCO1)N1CCN(c2ccccc2OC)CC1. The first-order valence-electron chi connectivity index (χ1n) is 10.3. The van der Waals surface area contributed by atoms with Crippen LogP contribution in [-0.2, 0) is 11.3 Å². The van der Waals surface area contributed by atoms with Gasteiger partial charge in [-0.05, 0) is 41.8 Å². The first-order valence-corrected chi connectivity index (χ1v) is 10.3. The van der Waals surface area contributed by atoms with Gasteiger partial charge in [-0.25, -0.2) is 4.68 Å². The van der Waals surface area contributed by atoms with Gasteiger partial charge in [0.1, 0.15) is 5.75 Å². The zero-order valence-electron chi connectivity index (χ0n) is 16.8. The van der Waals surface area contributed by atoms with Crippen LogP contribution in [0.2, 0.25) is 0 Å². The largest absolute Gasteiger partial charge is 0.495 e. The smallest absolute Gasteiger partial charge is 0.168 e. The Morgan fingerprint density at radius 3 is 2.75 bits per heavy atom.